The number of halogens is 3. The monoisotopic (exact) mass is 559 g/mol. The van der Waals surface area contributed by atoms with Crippen molar-refractivity contribution in [1.82, 2.24) is 14.8 Å². The van der Waals surface area contributed by atoms with Crippen molar-refractivity contribution in [2.45, 2.75) is 39.2 Å². The highest BCUT2D eigenvalue weighted by Crippen LogP contribution is 2.42. The van der Waals surface area contributed by atoms with E-state index in [1.807, 2.05) is 12.1 Å². The zero-order valence-corrected chi connectivity index (χ0v) is 22.4. The van der Waals surface area contributed by atoms with E-state index in [0.717, 1.165) is 28.2 Å². The van der Waals surface area contributed by atoms with Gasteiger partial charge in [0.15, 0.2) is 5.78 Å². The molecule has 0 spiro atoms. The number of allylic oxidation sites excluding steroid dienone is 1. The number of ketones is 1. The first kappa shape index (κ1) is 27.6. The van der Waals surface area contributed by atoms with Gasteiger partial charge in [0.25, 0.3) is 5.91 Å². The SMILES string of the molecule is CC(=O)C1=C(C)N(c2cccc(C(F)(F)F)c2)C(=O)N(C)C1c1ccc(C#N)cc1C(=O)N1Cc2ccncc2C1. The summed E-state index contributed by atoms with van der Waals surface area (Å²) in [6.07, 6.45) is -1.31. The van der Waals surface area contributed by atoms with Gasteiger partial charge in [0.05, 0.1) is 28.9 Å². The number of nitriles is 1. The second-order valence-corrected chi connectivity index (χ2v) is 9.95. The number of aromatic nitrogens is 1. The Hall–Kier alpha value is -4.98. The summed E-state index contributed by atoms with van der Waals surface area (Å²) in [5.74, 6) is -0.818. The Balaban J connectivity index is 1.63. The van der Waals surface area contributed by atoms with Crippen molar-refractivity contribution in [2.24, 2.45) is 0 Å². The lowest BCUT2D eigenvalue weighted by Crippen LogP contribution is -2.49. The van der Waals surface area contributed by atoms with Crippen LogP contribution in [0.5, 0.6) is 0 Å². The fourth-order valence-corrected chi connectivity index (χ4v) is 5.44. The van der Waals surface area contributed by atoms with Crippen LogP contribution in [-0.2, 0) is 24.1 Å². The number of carbonyl (C=O) groups is 3. The number of benzene rings is 2. The quantitative estimate of drug-likeness (QED) is 0.414. The van der Waals surface area contributed by atoms with Crippen molar-refractivity contribution in [3.8, 4) is 6.07 Å². The van der Waals surface area contributed by atoms with Gasteiger partial charge in [0, 0.05) is 49.4 Å². The van der Waals surface area contributed by atoms with Crippen LogP contribution in [0, 0.1) is 11.3 Å². The first-order valence-corrected chi connectivity index (χ1v) is 12.6. The summed E-state index contributed by atoms with van der Waals surface area (Å²) in [6.45, 7) is 3.42. The second-order valence-electron chi connectivity index (χ2n) is 9.95. The van der Waals surface area contributed by atoms with Crippen LogP contribution >= 0.6 is 0 Å². The molecule has 1 unspecified atom stereocenters. The van der Waals surface area contributed by atoms with E-state index in [1.54, 1.807) is 23.4 Å². The summed E-state index contributed by atoms with van der Waals surface area (Å²) in [5, 5.41) is 9.57. The normalized spacial score (nSPS) is 17.0. The molecule has 11 heteroatoms. The number of hydrogen-bond donors (Lipinski definition) is 0. The average molecular weight is 560 g/mol. The van der Waals surface area contributed by atoms with Crippen LogP contribution in [0.3, 0.4) is 0 Å². The summed E-state index contributed by atoms with van der Waals surface area (Å²) in [5.41, 5.74) is 1.81. The Kier molecular flexibility index (Phi) is 6.87. The fraction of sp³-hybridized carbons (Fsp3) is 0.233. The topological polar surface area (TPSA) is 97.6 Å². The maximum Gasteiger partial charge on any atom is 0.416 e. The molecule has 3 aromatic rings. The van der Waals surface area contributed by atoms with Gasteiger partial charge in [-0.05, 0) is 66.9 Å². The minimum Gasteiger partial charge on any atom is -0.330 e. The van der Waals surface area contributed by atoms with Gasteiger partial charge in [-0.25, -0.2) is 4.79 Å². The maximum absolute atomic E-state index is 13.9. The molecule has 208 valence electrons. The van der Waals surface area contributed by atoms with Crippen LogP contribution < -0.4 is 4.90 Å². The van der Waals surface area contributed by atoms with E-state index in [9.17, 15) is 32.8 Å². The number of anilines is 1. The molecule has 3 amide bonds. The zero-order valence-electron chi connectivity index (χ0n) is 22.4. The molecule has 0 aliphatic carbocycles. The molecule has 1 atom stereocenters. The van der Waals surface area contributed by atoms with Gasteiger partial charge in [-0.3, -0.25) is 19.5 Å². The molecule has 0 N–H and O–H groups in total. The van der Waals surface area contributed by atoms with E-state index in [0.29, 0.717) is 18.7 Å². The standard InChI is InChI=1S/C30H24F3N5O3/c1-17-26(18(2)39)27(36(3)29(41)38(17)23-6-4-5-22(12-23)30(31,32)33)24-8-7-19(13-34)11-25(24)28(40)37-15-20-9-10-35-14-21(20)16-37/h4-12,14,27H,15-16H2,1-3H3. The van der Waals surface area contributed by atoms with Crippen molar-refractivity contribution >= 4 is 23.4 Å². The number of amides is 3. The fourth-order valence-electron chi connectivity index (χ4n) is 5.44. The number of fused-ring (bicyclic) bond motifs is 1. The highest BCUT2D eigenvalue weighted by molar-refractivity contribution is 6.06. The Morgan fingerprint density at radius 1 is 1.07 bits per heavy atom. The van der Waals surface area contributed by atoms with Crippen LogP contribution in [0.1, 0.15) is 58.1 Å². The molecule has 2 aliphatic rings. The summed E-state index contributed by atoms with van der Waals surface area (Å²) >= 11 is 0. The minimum atomic E-state index is -4.63. The lowest BCUT2D eigenvalue weighted by molar-refractivity contribution is -0.137. The summed E-state index contributed by atoms with van der Waals surface area (Å²) in [4.78, 5) is 48.7. The van der Waals surface area contributed by atoms with Crippen LogP contribution in [0.25, 0.3) is 0 Å². The molecule has 8 nitrogen and oxygen atoms in total. The van der Waals surface area contributed by atoms with Gasteiger partial charge < -0.3 is 9.80 Å². The molecule has 1 aromatic heterocycles. The van der Waals surface area contributed by atoms with Gasteiger partial charge in [-0.1, -0.05) is 12.1 Å². The van der Waals surface area contributed by atoms with E-state index in [4.69, 9.17) is 0 Å². The van der Waals surface area contributed by atoms with Crippen LogP contribution in [0.15, 0.2) is 72.2 Å². The average Bonchev–Trinajstić information content (AvgIpc) is 3.38. The summed E-state index contributed by atoms with van der Waals surface area (Å²) < 4.78 is 40.3. The van der Waals surface area contributed by atoms with Crippen molar-refractivity contribution in [2.75, 3.05) is 11.9 Å². The number of Topliss-reactive ketones (excluding diaryl/α,β-unsaturated/α-hetero) is 1. The van der Waals surface area contributed by atoms with Gasteiger partial charge in [-0.2, -0.15) is 18.4 Å². The van der Waals surface area contributed by atoms with E-state index >= 15 is 0 Å². The number of rotatable bonds is 4. The molecule has 0 radical (unpaired) electrons. The molecule has 41 heavy (non-hydrogen) atoms. The number of likely N-dealkylation sites (N-methyl/N-ethyl adjacent to an activating group) is 1. The highest BCUT2D eigenvalue weighted by Gasteiger charge is 2.42. The molecular formula is C30H24F3N5O3. The Labute approximate surface area is 233 Å². The van der Waals surface area contributed by atoms with Crippen LogP contribution in [0.4, 0.5) is 23.7 Å². The number of nitrogens with zero attached hydrogens (tertiary/aromatic N) is 5. The van der Waals surface area contributed by atoms with Gasteiger partial charge in [0.2, 0.25) is 0 Å². The first-order chi connectivity index (χ1) is 19.4. The highest BCUT2D eigenvalue weighted by atomic mass is 19.4. The molecule has 2 aliphatic heterocycles. The van der Waals surface area contributed by atoms with E-state index in [2.05, 4.69) is 4.98 Å². The molecule has 0 bridgehead atoms. The summed E-state index contributed by atoms with van der Waals surface area (Å²) in [6, 6.07) is 10.9. The molecule has 5 rings (SSSR count). The summed E-state index contributed by atoms with van der Waals surface area (Å²) in [7, 11) is 1.42. The van der Waals surface area contributed by atoms with Crippen molar-refractivity contribution in [3.63, 3.8) is 0 Å². The second kappa shape index (κ2) is 10.2. The molecular weight excluding hydrogens is 535 g/mol. The van der Waals surface area contributed by atoms with Gasteiger partial charge in [-0.15, -0.1) is 0 Å². The minimum absolute atomic E-state index is 0.0501. The lowest BCUT2D eigenvalue weighted by Gasteiger charge is -2.42. The third kappa shape index (κ3) is 4.82. The molecule has 0 saturated carbocycles. The lowest BCUT2D eigenvalue weighted by atomic mass is 9.87. The number of pyridine rings is 1. The van der Waals surface area contributed by atoms with E-state index < -0.39 is 35.5 Å². The third-order valence-electron chi connectivity index (χ3n) is 7.41. The van der Waals surface area contributed by atoms with Gasteiger partial charge in [0.1, 0.15) is 0 Å². The van der Waals surface area contributed by atoms with Crippen molar-refractivity contribution < 1.29 is 27.6 Å². The molecule has 3 heterocycles. The molecule has 2 aromatic carbocycles. The zero-order chi connectivity index (χ0) is 29.6. The largest absolute Gasteiger partial charge is 0.416 e. The molecule has 0 fully saturated rings. The Bertz CT molecular complexity index is 1650. The Morgan fingerprint density at radius 3 is 2.46 bits per heavy atom. The third-order valence-corrected chi connectivity index (χ3v) is 7.41. The van der Waals surface area contributed by atoms with E-state index in [-0.39, 0.29) is 28.1 Å². The van der Waals surface area contributed by atoms with Crippen LogP contribution in [0.2, 0.25) is 0 Å². The van der Waals surface area contributed by atoms with Crippen molar-refractivity contribution in [3.05, 3.63) is 106 Å². The number of alkyl halides is 3. The molecule has 0 saturated heterocycles. The predicted molar refractivity (Wildman–Crippen MR) is 142 cm³/mol. The number of hydrogen-bond acceptors (Lipinski definition) is 5. The van der Waals surface area contributed by atoms with Crippen molar-refractivity contribution in [1.29, 1.82) is 5.26 Å². The Morgan fingerprint density at radius 2 is 1.80 bits per heavy atom. The van der Waals surface area contributed by atoms with Crippen LogP contribution in [-0.4, -0.2) is 39.6 Å². The maximum atomic E-state index is 13.9. The smallest absolute Gasteiger partial charge is 0.330 e. The number of carbonyl (C=O) groups excluding carboxylic acids is 3. The predicted octanol–water partition coefficient (Wildman–Crippen LogP) is 5.60. The van der Waals surface area contributed by atoms with Gasteiger partial charge >= 0.3 is 12.2 Å². The van der Waals surface area contributed by atoms with E-state index in [1.165, 1.54) is 50.1 Å². The number of urea groups is 1. The first-order valence-electron chi connectivity index (χ1n) is 12.6.